The van der Waals surface area contributed by atoms with E-state index >= 15 is 0 Å². The molecule has 168 valence electrons. The van der Waals surface area contributed by atoms with Crippen molar-refractivity contribution in [1.29, 1.82) is 0 Å². The van der Waals surface area contributed by atoms with Crippen molar-refractivity contribution in [1.82, 2.24) is 5.01 Å². The Morgan fingerprint density at radius 2 is 1.85 bits per heavy atom. The number of alkyl halides is 3. The predicted molar refractivity (Wildman–Crippen MR) is 113 cm³/mol. The molecule has 2 aliphatic rings. The van der Waals surface area contributed by atoms with Crippen molar-refractivity contribution in [3.8, 4) is 0 Å². The molecule has 2 heterocycles. The lowest BCUT2D eigenvalue weighted by molar-refractivity contribution is -0.137. The number of carbonyl (C=O) groups excluding carboxylic acids is 3. The van der Waals surface area contributed by atoms with Crippen LogP contribution in [-0.4, -0.2) is 34.1 Å². The minimum absolute atomic E-state index is 0.0554. The van der Waals surface area contributed by atoms with Crippen LogP contribution in [-0.2, 0) is 15.8 Å². The second-order valence-electron chi connectivity index (χ2n) is 7.80. The van der Waals surface area contributed by atoms with Crippen molar-refractivity contribution in [2.45, 2.75) is 32.0 Å². The van der Waals surface area contributed by atoms with E-state index in [2.05, 4.69) is 15.3 Å². The van der Waals surface area contributed by atoms with Gasteiger partial charge >= 0.3 is 12.2 Å². The molecule has 0 spiro atoms. The van der Waals surface area contributed by atoms with Gasteiger partial charge in [-0.2, -0.15) is 23.3 Å². The fourth-order valence-corrected chi connectivity index (χ4v) is 3.83. The molecule has 1 saturated heterocycles. The fraction of sp³-hybridized carbons (Fsp3) is 0.227. The molecule has 1 unspecified atom stereocenters. The number of nitrogens with one attached hydrogen (secondary N) is 1. The molecule has 33 heavy (non-hydrogen) atoms. The summed E-state index contributed by atoms with van der Waals surface area (Å²) in [5, 5.41) is 7.88. The van der Waals surface area contributed by atoms with Gasteiger partial charge in [-0.15, -0.1) is 0 Å². The third-order valence-electron chi connectivity index (χ3n) is 5.44. The number of fused-ring (bicyclic) bond motifs is 1. The first-order chi connectivity index (χ1) is 15.5. The third-order valence-corrected chi connectivity index (χ3v) is 5.44. The maximum Gasteiger partial charge on any atom is 0.407 e. The summed E-state index contributed by atoms with van der Waals surface area (Å²) < 4.78 is 40.1. The van der Waals surface area contributed by atoms with Crippen LogP contribution in [0.15, 0.2) is 47.6 Å². The predicted octanol–water partition coefficient (Wildman–Crippen LogP) is 4.55. The third kappa shape index (κ3) is 3.59. The highest BCUT2D eigenvalue weighted by Gasteiger charge is 2.59. The number of halogens is 3. The van der Waals surface area contributed by atoms with Gasteiger partial charge in [-0.1, -0.05) is 18.2 Å². The molecule has 2 aliphatic heterocycles. The number of imide groups is 1. The molecule has 0 aromatic heterocycles. The molecule has 11 heteroatoms. The van der Waals surface area contributed by atoms with Crippen LogP contribution in [0.3, 0.4) is 0 Å². The van der Waals surface area contributed by atoms with Gasteiger partial charge in [0.05, 0.1) is 23.5 Å². The van der Waals surface area contributed by atoms with Gasteiger partial charge in [0.15, 0.2) is 11.2 Å². The second kappa shape index (κ2) is 7.44. The number of hydrogen-bond donors (Lipinski definition) is 1. The second-order valence-corrected chi connectivity index (χ2v) is 7.80. The molecule has 0 radical (unpaired) electrons. The first kappa shape index (κ1) is 22.0. The van der Waals surface area contributed by atoms with Crippen LogP contribution < -0.4 is 10.2 Å². The normalized spacial score (nSPS) is 19.9. The van der Waals surface area contributed by atoms with Crippen molar-refractivity contribution in [2.75, 3.05) is 10.2 Å². The van der Waals surface area contributed by atoms with Gasteiger partial charge in [0.2, 0.25) is 5.91 Å². The Kier molecular flexibility index (Phi) is 4.96. The summed E-state index contributed by atoms with van der Waals surface area (Å²) in [6, 6.07) is 8.48. The Morgan fingerprint density at radius 3 is 2.39 bits per heavy atom. The summed E-state index contributed by atoms with van der Waals surface area (Å²) in [5.41, 5.74) is -1.88. The monoisotopic (exact) mass is 455 g/mol. The molecule has 1 N–H and O–H groups in total. The number of urea groups is 1. The maximum absolute atomic E-state index is 13.4. The van der Waals surface area contributed by atoms with Gasteiger partial charge in [-0.3, -0.25) is 9.59 Å². The van der Waals surface area contributed by atoms with E-state index in [4.69, 9.17) is 6.57 Å². The topological polar surface area (TPSA) is 86.4 Å². The number of benzene rings is 2. The zero-order valence-corrected chi connectivity index (χ0v) is 17.4. The van der Waals surface area contributed by atoms with Crippen LogP contribution in [0.25, 0.3) is 4.85 Å². The molecule has 0 aliphatic carbocycles. The molecule has 2 aromatic carbocycles. The van der Waals surface area contributed by atoms with Crippen LogP contribution in [0.1, 0.15) is 31.4 Å². The van der Waals surface area contributed by atoms with Crippen LogP contribution in [0.5, 0.6) is 0 Å². The fourth-order valence-electron chi connectivity index (χ4n) is 3.83. The number of carbonyl (C=O) groups is 3. The largest absolute Gasteiger partial charge is 0.407 e. The Bertz CT molecular complexity index is 1260. The maximum atomic E-state index is 13.4. The Morgan fingerprint density at radius 1 is 1.18 bits per heavy atom. The summed E-state index contributed by atoms with van der Waals surface area (Å²) in [7, 11) is 0. The van der Waals surface area contributed by atoms with E-state index < -0.39 is 34.9 Å². The Labute approximate surface area is 186 Å². The van der Waals surface area contributed by atoms with Crippen LogP contribution in [0, 0.1) is 6.57 Å². The highest BCUT2D eigenvalue weighted by Crippen LogP contribution is 2.43. The number of anilines is 2. The standard InChI is InChI=1S/C22H16F3N5O3/c1-12(31)27-14-6-4-13(5-7-14)18-11-21(2)19(32)29(20(33)30(21)28-18)15-8-9-17(26-3)16(10-15)22(23,24)25/h4-10H,11H2,1-2H3,(H,27,31). The Hall–Kier alpha value is -4.20. The number of hydrazone groups is 1. The van der Waals surface area contributed by atoms with Gasteiger partial charge in [0.25, 0.3) is 5.91 Å². The molecule has 0 bridgehead atoms. The van der Waals surface area contributed by atoms with Gasteiger partial charge in [0.1, 0.15) is 0 Å². The molecule has 4 rings (SSSR count). The lowest BCUT2D eigenvalue weighted by atomic mass is 9.92. The van der Waals surface area contributed by atoms with Crippen LogP contribution >= 0.6 is 0 Å². The van der Waals surface area contributed by atoms with E-state index in [1.807, 2.05) is 0 Å². The molecular weight excluding hydrogens is 439 g/mol. The number of rotatable bonds is 3. The minimum Gasteiger partial charge on any atom is -0.326 e. The van der Waals surface area contributed by atoms with Crippen LogP contribution in [0.4, 0.5) is 35.0 Å². The summed E-state index contributed by atoms with van der Waals surface area (Å²) >= 11 is 0. The minimum atomic E-state index is -4.82. The molecule has 1 atom stereocenters. The molecule has 4 amide bonds. The first-order valence-corrected chi connectivity index (χ1v) is 9.68. The molecular formula is C22H16F3N5O3. The average molecular weight is 455 g/mol. The van der Waals surface area contributed by atoms with Gasteiger partial charge in [0, 0.05) is 19.0 Å². The van der Waals surface area contributed by atoms with Crippen molar-refractivity contribution in [3.63, 3.8) is 0 Å². The molecule has 1 fully saturated rings. The summed E-state index contributed by atoms with van der Waals surface area (Å²) in [4.78, 5) is 40.9. The van der Waals surface area contributed by atoms with Gasteiger partial charge < -0.3 is 5.32 Å². The zero-order chi connectivity index (χ0) is 24.1. The van der Waals surface area contributed by atoms with E-state index in [0.29, 0.717) is 27.9 Å². The zero-order valence-electron chi connectivity index (χ0n) is 17.4. The summed E-state index contributed by atoms with van der Waals surface area (Å²) in [5.74, 6) is -0.951. The number of nitrogens with zero attached hydrogens (tertiary/aromatic N) is 4. The highest BCUT2D eigenvalue weighted by molar-refractivity contribution is 6.26. The van der Waals surface area contributed by atoms with Crippen molar-refractivity contribution in [3.05, 3.63) is 65.0 Å². The van der Waals surface area contributed by atoms with Crippen LogP contribution in [0.2, 0.25) is 0 Å². The van der Waals surface area contributed by atoms with Crippen molar-refractivity contribution < 1.29 is 27.6 Å². The van der Waals surface area contributed by atoms with E-state index in [1.54, 1.807) is 24.3 Å². The van der Waals surface area contributed by atoms with E-state index in [9.17, 15) is 27.6 Å². The SMILES string of the molecule is [C-]#[N+]c1ccc(N2C(=O)N3N=C(c4ccc(NC(C)=O)cc4)CC3(C)C2=O)cc1C(F)(F)F. The molecule has 8 nitrogen and oxygen atoms in total. The van der Waals surface area contributed by atoms with Crippen molar-refractivity contribution in [2.24, 2.45) is 5.10 Å². The average Bonchev–Trinajstić information content (AvgIpc) is 3.19. The lowest BCUT2D eigenvalue weighted by Crippen LogP contribution is -2.42. The highest BCUT2D eigenvalue weighted by atomic mass is 19.4. The summed E-state index contributed by atoms with van der Waals surface area (Å²) in [6.07, 6.45) is -4.77. The van der Waals surface area contributed by atoms with Crippen molar-refractivity contribution >= 4 is 40.6 Å². The van der Waals surface area contributed by atoms with E-state index in [1.165, 1.54) is 13.8 Å². The van der Waals surface area contributed by atoms with Gasteiger partial charge in [-0.05, 0) is 36.8 Å². The van der Waals surface area contributed by atoms with Gasteiger partial charge in [-0.25, -0.2) is 14.5 Å². The lowest BCUT2D eigenvalue weighted by Gasteiger charge is -2.20. The molecule has 0 saturated carbocycles. The number of amides is 4. The Balaban J connectivity index is 1.66. The summed E-state index contributed by atoms with van der Waals surface area (Å²) in [6.45, 7) is 9.81. The quantitative estimate of drug-likeness (QED) is 0.544. The molecule has 2 aromatic rings. The van der Waals surface area contributed by atoms with E-state index in [0.717, 1.165) is 17.1 Å². The van der Waals surface area contributed by atoms with E-state index in [-0.39, 0.29) is 18.0 Å². The smallest absolute Gasteiger partial charge is 0.326 e. The first-order valence-electron chi connectivity index (χ1n) is 9.68. The number of hydrogen-bond acceptors (Lipinski definition) is 4.